The van der Waals surface area contributed by atoms with Crippen molar-refractivity contribution in [2.24, 2.45) is 5.92 Å². The molecule has 0 unspecified atom stereocenters. The molecule has 0 atom stereocenters. The van der Waals surface area contributed by atoms with Gasteiger partial charge >= 0.3 is 0 Å². The largest absolute Gasteiger partial charge is 0.326 e. The van der Waals surface area contributed by atoms with Crippen molar-refractivity contribution < 1.29 is 4.79 Å². The van der Waals surface area contributed by atoms with Crippen molar-refractivity contribution in [2.75, 3.05) is 11.1 Å². The number of hydrogen-bond acceptors (Lipinski definition) is 2. The van der Waals surface area contributed by atoms with E-state index >= 15 is 0 Å². The van der Waals surface area contributed by atoms with E-state index in [1.165, 1.54) is 4.90 Å². The van der Waals surface area contributed by atoms with Crippen molar-refractivity contribution in [1.29, 1.82) is 0 Å². The molecule has 0 heterocycles. The van der Waals surface area contributed by atoms with Gasteiger partial charge < -0.3 is 5.32 Å². The van der Waals surface area contributed by atoms with E-state index in [9.17, 15) is 4.79 Å². The Kier molecular flexibility index (Phi) is 3.31. The molecule has 0 aliphatic heterocycles. The SMILES string of the molecule is CCSc1ccc(NC(=O)C2CC2)cc1. The number of hydrogen-bond donors (Lipinski definition) is 1. The monoisotopic (exact) mass is 221 g/mol. The third-order valence-electron chi connectivity index (χ3n) is 2.38. The van der Waals surface area contributed by atoms with Crippen LogP contribution < -0.4 is 5.32 Å². The van der Waals surface area contributed by atoms with Crippen LogP contribution in [0.5, 0.6) is 0 Å². The first-order valence-corrected chi connectivity index (χ1v) is 6.32. The van der Waals surface area contributed by atoms with E-state index in [2.05, 4.69) is 24.4 Å². The Bertz CT molecular complexity index is 343. The predicted octanol–water partition coefficient (Wildman–Crippen LogP) is 3.15. The highest BCUT2D eigenvalue weighted by molar-refractivity contribution is 7.99. The van der Waals surface area contributed by atoms with Crippen molar-refractivity contribution in [3.8, 4) is 0 Å². The van der Waals surface area contributed by atoms with Crippen LogP contribution in [0.25, 0.3) is 0 Å². The summed E-state index contributed by atoms with van der Waals surface area (Å²) in [4.78, 5) is 12.7. The van der Waals surface area contributed by atoms with E-state index in [4.69, 9.17) is 0 Å². The van der Waals surface area contributed by atoms with Gasteiger partial charge in [-0.25, -0.2) is 0 Å². The maximum Gasteiger partial charge on any atom is 0.227 e. The van der Waals surface area contributed by atoms with Gasteiger partial charge in [0.2, 0.25) is 5.91 Å². The summed E-state index contributed by atoms with van der Waals surface area (Å²) in [5.41, 5.74) is 0.910. The lowest BCUT2D eigenvalue weighted by molar-refractivity contribution is -0.117. The normalized spacial score (nSPS) is 15.0. The molecule has 1 amide bonds. The standard InChI is InChI=1S/C12H15NOS/c1-2-15-11-7-5-10(6-8-11)13-12(14)9-3-4-9/h5-9H,2-4H2,1H3,(H,13,14). The summed E-state index contributed by atoms with van der Waals surface area (Å²) in [7, 11) is 0. The van der Waals surface area contributed by atoms with Gasteiger partial charge in [0.25, 0.3) is 0 Å². The number of amides is 1. The van der Waals surface area contributed by atoms with E-state index in [0.717, 1.165) is 24.3 Å². The molecule has 1 aliphatic carbocycles. The predicted molar refractivity (Wildman–Crippen MR) is 64.2 cm³/mol. The van der Waals surface area contributed by atoms with Crippen molar-refractivity contribution >= 4 is 23.4 Å². The second kappa shape index (κ2) is 4.71. The molecule has 0 bridgehead atoms. The van der Waals surface area contributed by atoms with E-state index in [1.54, 1.807) is 0 Å². The third kappa shape index (κ3) is 2.99. The van der Waals surface area contributed by atoms with Crippen LogP contribution in [0.1, 0.15) is 19.8 Å². The molecule has 0 saturated heterocycles. The lowest BCUT2D eigenvalue weighted by atomic mass is 10.3. The highest BCUT2D eigenvalue weighted by atomic mass is 32.2. The smallest absolute Gasteiger partial charge is 0.227 e. The van der Waals surface area contributed by atoms with E-state index < -0.39 is 0 Å². The second-order valence-corrected chi connectivity index (χ2v) is 5.06. The van der Waals surface area contributed by atoms with Crippen molar-refractivity contribution in [1.82, 2.24) is 0 Å². The van der Waals surface area contributed by atoms with E-state index in [0.29, 0.717) is 0 Å². The van der Waals surface area contributed by atoms with E-state index in [1.807, 2.05) is 23.9 Å². The fourth-order valence-electron chi connectivity index (χ4n) is 1.39. The highest BCUT2D eigenvalue weighted by Crippen LogP contribution is 2.30. The molecule has 1 aliphatic rings. The number of carbonyl (C=O) groups excluding carboxylic acids is 1. The van der Waals surface area contributed by atoms with Crippen LogP contribution >= 0.6 is 11.8 Å². The zero-order valence-corrected chi connectivity index (χ0v) is 9.64. The Balaban J connectivity index is 1.94. The summed E-state index contributed by atoms with van der Waals surface area (Å²) >= 11 is 1.81. The van der Waals surface area contributed by atoms with Gasteiger partial charge in [0, 0.05) is 16.5 Å². The molecule has 3 heteroatoms. The fourth-order valence-corrected chi connectivity index (χ4v) is 2.05. The van der Waals surface area contributed by atoms with Crippen molar-refractivity contribution in [3.05, 3.63) is 24.3 Å². The Hall–Kier alpha value is -0.960. The summed E-state index contributed by atoms with van der Waals surface area (Å²) < 4.78 is 0. The van der Waals surface area contributed by atoms with Crippen molar-refractivity contribution in [3.63, 3.8) is 0 Å². The van der Waals surface area contributed by atoms with Crippen LogP contribution in [-0.4, -0.2) is 11.7 Å². The maximum absolute atomic E-state index is 11.5. The van der Waals surface area contributed by atoms with Crippen LogP contribution in [0.4, 0.5) is 5.69 Å². The third-order valence-corrected chi connectivity index (χ3v) is 3.28. The lowest BCUT2D eigenvalue weighted by Crippen LogP contribution is -2.12. The minimum absolute atomic E-state index is 0.172. The van der Waals surface area contributed by atoms with Crippen LogP contribution in [0.15, 0.2) is 29.2 Å². The molecule has 1 saturated carbocycles. The number of benzene rings is 1. The number of carbonyl (C=O) groups is 1. The molecular formula is C12H15NOS. The number of rotatable bonds is 4. The summed E-state index contributed by atoms with van der Waals surface area (Å²) in [6.45, 7) is 2.13. The van der Waals surface area contributed by atoms with Gasteiger partial charge in [-0.1, -0.05) is 6.92 Å². The van der Waals surface area contributed by atoms with Crippen LogP contribution in [0, 0.1) is 5.92 Å². The molecule has 0 radical (unpaired) electrons. The van der Waals surface area contributed by atoms with Gasteiger partial charge in [-0.15, -0.1) is 11.8 Å². The van der Waals surface area contributed by atoms with Crippen LogP contribution in [0.3, 0.4) is 0 Å². The molecule has 15 heavy (non-hydrogen) atoms. The molecule has 0 spiro atoms. The Morgan fingerprint density at radius 3 is 2.60 bits per heavy atom. The zero-order chi connectivity index (χ0) is 10.7. The Labute approximate surface area is 94.4 Å². The Morgan fingerprint density at radius 1 is 1.40 bits per heavy atom. The minimum Gasteiger partial charge on any atom is -0.326 e. The van der Waals surface area contributed by atoms with Crippen LogP contribution in [0.2, 0.25) is 0 Å². The first-order valence-electron chi connectivity index (χ1n) is 5.33. The maximum atomic E-state index is 11.5. The van der Waals surface area contributed by atoms with Gasteiger partial charge in [-0.2, -0.15) is 0 Å². The summed E-state index contributed by atoms with van der Waals surface area (Å²) in [6, 6.07) is 8.05. The summed E-state index contributed by atoms with van der Waals surface area (Å²) in [5.74, 6) is 1.52. The topological polar surface area (TPSA) is 29.1 Å². The minimum atomic E-state index is 0.172. The molecular weight excluding hydrogens is 206 g/mol. The molecule has 2 nitrogen and oxygen atoms in total. The average molecular weight is 221 g/mol. The molecule has 0 aromatic heterocycles. The molecule has 1 fully saturated rings. The van der Waals surface area contributed by atoms with Gasteiger partial charge in [0.05, 0.1) is 0 Å². The second-order valence-electron chi connectivity index (χ2n) is 3.72. The number of anilines is 1. The molecule has 1 aromatic carbocycles. The average Bonchev–Trinajstić information content (AvgIpc) is 3.04. The highest BCUT2D eigenvalue weighted by Gasteiger charge is 2.29. The van der Waals surface area contributed by atoms with Crippen LogP contribution in [-0.2, 0) is 4.79 Å². The molecule has 1 aromatic rings. The van der Waals surface area contributed by atoms with Gasteiger partial charge in [-0.3, -0.25) is 4.79 Å². The summed E-state index contributed by atoms with van der Waals surface area (Å²) in [6.07, 6.45) is 2.10. The first kappa shape index (κ1) is 10.6. The first-order chi connectivity index (χ1) is 7.29. The van der Waals surface area contributed by atoms with Gasteiger partial charge in [-0.05, 0) is 42.9 Å². The molecule has 80 valence electrons. The van der Waals surface area contributed by atoms with Gasteiger partial charge in [0.15, 0.2) is 0 Å². The quantitative estimate of drug-likeness (QED) is 0.791. The zero-order valence-electron chi connectivity index (χ0n) is 8.82. The number of thioether (sulfide) groups is 1. The fraction of sp³-hybridized carbons (Fsp3) is 0.417. The molecule has 2 rings (SSSR count). The number of nitrogens with one attached hydrogen (secondary N) is 1. The molecule has 1 N–H and O–H groups in total. The van der Waals surface area contributed by atoms with Gasteiger partial charge in [0.1, 0.15) is 0 Å². The van der Waals surface area contributed by atoms with Crippen molar-refractivity contribution in [2.45, 2.75) is 24.7 Å². The Morgan fingerprint density at radius 2 is 2.07 bits per heavy atom. The summed E-state index contributed by atoms with van der Waals surface area (Å²) in [5, 5.41) is 2.92. The lowest BCUT2D eigenvalue weighted by Gasteiger charge is -2.04. The van der Waals surface area contributed by atoms with E-state index in [-0.39, 0.29) is 11.8 Å².